The number of carbonyl (C=O) groups excluding carboxylic acids is 2. The topological polar surface area (TPSA) is 142 Å². The Labute approximate surface area is 234 Å². The minimum Gasteiger partial charge on any atom is -0.493 e. The van der Waals surface area contributed by atoms with Gasteiger partial charge in [0.2, 0.25) is 5.75 Å². The fraction of sp³-hybridized carbons (Fsp3) is 0.357. The number of ether oxygens (including phenoxy) is 2. The van der Waals surface area contributed by atoms with Crippen molar-refractivity contribution in [2.75, 3.05) is 13.7 Å². The Bertz CT molecular complexity index is 1490. The minimum atomic E-state index is -0.788. The van der Waals surface area contributed by atoms with Crippen LogP contribution >= 0.6 is 11.6 Å². The van der Waals surface area contributed by atoms with Gasteiger partial charge in [-0.3, -0.25) is 29.8 Å². The fourth-order valence-corrected chi connectivity index (χ4v) is 6.15. The van der Waals surface area contributed by atoms with Gasteiger partial charge in [0.05, 0.1) is 28.0 Å². The van der Waals surface area contributed by atoms with Crippen LogP contribution in [0.4, 0.5) is 11.4 Å². The van der Waals surface area contributed by atoms with Gasteiger partial charge >= 0.3 is 5.69 Å². The van der Waals surface area contributed by atoms with Crippen molar-refractivity contribution in [3.05, 3.63) is 83.7 Å². The first-order valence-electron chi connectivity index (χ1n) is 12.9. The van der Waals surface area contributed by atoms with Gasteiger partial charge < -0.3 is 14.4 Å². The number of Topliss-reactive ketones (excluding diaryl/α,β-unsaturated/α-hetero) is 2. The van der Waals surface area contributed by atoms with E-state index in [9.17, 15) is 29.8 Å². The van der Waals surface area contributed by atoms with E-state index >= 15 is 0 Å². The molecule has 2 aromatic rings. The average molecular weight is 568 g/mol. The lowest BCUT2D eigenvalue weighted by Gasteiger charge is -2.43. The number of benzene rings is 2. The number of rotatable bonds is 7. The van der Waals surface area contributed by atoms with Gasteiger partial charge in [0.1, 0.15) is 0 Å². The van der Waals surface area contributed by atoms with E-state index in [1.807, 2.05) is 6.92 Å². The van der Waals surface area contributed by atoms with Crippen molar-refractivity contribution in [1.29, 1.82) is 0 Å². The van der Waals surface area contributed by atoms with Crippen molar-refractivity contribution in [2.45, 2.75) is 51.4 Å². The Morgan fingerprint density at radius 2 is 1.55 bits per heavy atom. The highest BCUT2D eigenvalue weighted by molar-refractivity contribution is 6.32. The summed E-state index contributed by atoms with van der Waals surface area (Å²) < 4.78 is 11.4. The van der Waals surface area contributed by atoms with Crippen molar-refractivity contribution in [2.24, 2.45) is 0 Å². The van der Waals surface area contributed by atoms with Crippen molar-refractivity contribution in [3.8, 4) is 17.2 Å². The van der Waals surface area contributed by atoms with Crippen molar-refractivity contribution in [3.63, 3.8) is 0 Å². The standard InChI is InChI=1S/C28H26ClN3O8/c1-3-30-18-6-4-8-21(33)26(18)25(27-19(30)7-5-9-22(27)34)15-12-17(29)28(24(13-15)39-2)40-23-11-10-16(31(35)36)14-20(23)32(37)38/h10-14,25H,3-9H2,1-2H3. The van der Waals surface area contributed by atoms with Crippen LogP contribution in [0.1, 0.15) is 56.9 Å². The minimum absolute atomic E-state index is 0.00783. The molecule has 2 aromatic carbocycles. The Morgan fingerprint density at radius 3 is 2.08 bits per heavy atom. The van der Waals surface area contributed by atoms with E-state index in [-0.39, 0.29) is 33.8 Å². The predicted octanol–water partition coefficient (Wildman–Crippen LogP) is 6.39. The number of nitro groups is 2. The van der Waals surface area contributed by atoms with Crippen molar-refractivity contribution in [1.82, 2.24) is 4.90 Å². The lowest BCUT2D eigenvalue weighted by Crippen LogP contribution is -2.39. The van der Waals surface area contributed by atoms with E-state index in [2.05, 4.69) is 4.90 Å². The molecule has 0 radical (unpaired) electrons. The van der Waals surface area contributed by atoms with Gasteiger partial charge in [-0.05, 0) is 56.4 Å². The van der Waals surface area contributed by atoms with Crippen LogP contribution in [-0.2, 0) is 9.59 Å². The molecule has 1 aliphatic heterocycles. The number of halogens is 1. The summed E-state index contributed by atoms with van der Waals surface area (Å²) in [4.78, 5) is 50.1. The number of ketones is 2. The van der Waals surface area contributed by atoms with E-state index in [0.29, 0.717) is 36.1 Å². The molecule has 0 atom stereocenters. The molecule has 5 rings (SSSR count). The summed E-state index contributed by atoms with van der Waals surface area (Å²) in [5.41, 5.74) is 2.57. The maximum Gasteiger partial charge on any atom is 0.318 e. The van der Waals surface area contributed by atoms with E-state index in [0.717, 1.165) is 55.3 Å². The summed E-state index contributed by atoms with van der Waals surface area (Å²) in [7, 11) is 1.37. The number of non-ortho nitro benzene ring substituents is 1. The summed E-state index contributed by atoms with van der Waals surface area (Å²) in [5.74, 6) is -0.812. The van der Waals surface area contributed by atoms with E-state index in [1.165, 1.54) is 7.11 Å². The van der Waals surface area contributed by atoms with Gasteiger partial charge in [-0.25, -0.2) is 0 Å². The first-order valence-corrected chi connectivity index (χ1v) is 13.3. The smallest absolute Gasteiger partial charge is 0.318 e. The lowest BCUT2D eigenvalue weighted by molar-refractivity contribution is -0.394. The second-order valence-electron chi connectivity index (χ2n) is 9.75. The first-order chi connectivity index (χ1) is 19.2. The molecule has 40 heavy (non-hydrogen) atoms. The third-order valence-electron chi connectivity index (χ3n) is 7.55. The SMILES string of the molecule is CCN1C2=C(C(=O)CCC2)C(c2cc(Cl)c(Oc3ccc([N+](=O)[O-])cc3[N+](=O)[O-])c(OC)c2)C2=C1CCCC2=O. The van der Waals surface area contributed by atoms with E-state index in [4.69, 9.17) is 21.1 Å². The molecule has 0 saturated heterocycles. The van der Waals surface area contributed by atoms with E-state index in [1.54, 1.807) is 12.1 Å². The monoisotopic (exact) mass is 567 g/mol. The zero-order chi connectivity index (χ0) is 28.7. The molecule has 3 aliphatic rings. The summed E-state index contributed by atoms with van der Waals surface area (Å²) >= 11 is 6.68. The number of carbonyl (C=O) groups is 2. The van der Waals surface area contributed by atoms with Crippen LogP contribution in [0.5, 0.6) is 17.2 Å². The van der Waals surface area contributed by atoms with Crippen LogP contribution < -0.4 is 9.47 Å². The number of allylic oxidation sites excluding steroid dienone is 4. The molecule has 11 nitrogen and oxygen atoms in total. The highest BCUT2D eigenvalue weighted by atomic mass is 35.5. The highest BCUT2D eigenvalue weighted by Crippen LogP contribution is 2.51. The quantitative estimate of drug-likeness (QED) is 0.274. The summed E-state index contributed by atoms with van der Waals surface area (Å²) in [5, 5.41) is 22.8. The van der Waals surface area contributed by atoms with Crippen LogP contribution in [0.25, 0.3) is 0 Å². The second-order valence-corrected chi connectivity index (χ2v) is 10.2. The Kier molecular flexibility index (Phi) is 7.33. The molecule has 0 unspecified atom stereocenters. The summed E-state index contributed by atoms with van der Waals surface area (Å²) in [6, 6.07) is 6.22. The second kappa shape index (κ2) is 10.7. The third kappa shape index (κ3) is 4.60. The van der Waals surface area contributed by atoms with Crippen LogP contribution in [-0.4, -0.2) is 40.0 Å². The fourth-order valence-electron chi connectivity index (χ4n) is 5.90. The first kappa shape index (κ1) is 27.3. The van der Waals surface area contributed by atoms with Gasteiger partial charge in [-0.15, -0.1) is 0 Å². The normalized spacial score (nSPS) is 17.5. The maximum atomic E-state index is 13.4. The summed E-state index contributed by atoms with van der Waals surface area (Å²) in [6.45, 7) is 2.66. The number of methoxy groups -OCH3 is 1. The van der Waals surface area contributed by atoms with Crippen molar-refractivity contribution >= 4 is 34.5 Å². The molecule has 0 aromatic heterocycles. The Morgan fingerprint density at radius 1 is 0.925 bits per heavy atom. The molecule has 0 bridgehead atoms. The van der Waals surface area contributed by atoms with Crippen LogP contribution in [0, 0.1) is 20.2 Å². The number of hydrogen-bond donors (Lipinski definition) is 0. The molecule has 12 heteroatoms. The summed E-state index contributed by atoms with van der Waals surface area (Å²) in [6.07, 6.45) is 3.71. The Hall–Kier alpha value is -4.25. The van der Waals surface area contributed by atoms with Gasteiger partial charge in [0, 0.05) is 53.9 Å². The predicted molar refractivity (Wildman–Crippen MR) is 145 cm³/mol. The lowest BCUT2D eigenvalue weighted by atomic mass is 9.71. The van der Waals surface area contributed by atoms with Gasteiger partial charge in [-0.1, -0.05) is 11.6 Å². The van der Waals surface area contributed by atoms with Crippen LogP contribution in [0.3, 0.4) is 0 Å². The molecule has 208 valence electrons. The number of hydrogen-bond acceptors (Lipinski definition) is 9. The molecule has 0 spiro atoms. The van der Waals surface area contributed by atoms with Gasteiger partial charge in [0.25, 0.3) is 5.69 Å². The zero-order valence-electron chi connectivity index (χ0n) is 21.9. The van der Waals surface area contributed by atoms with E-state index < -0.39 is 27.1 Å². The van der Waals surface area contributed by atoms with Crippen LogP contribution in [0.2, 0.25) is 5.02 Å². The molecular weight excluding hydrogens is 542 g/mol. The number of nitro benzene ring substituents is 2. The maximum absolute atomic E-state index is 13.4. The average Bonchev–Trinajstić information content (AvgIpc) is 2.93. The number of nitrogens with zero attached hydrogens (tertiary/aromatic N) is 3. The molecular formula is C28H26ClN3O8. The Balaban J connectivity index is 1.64. The third-order valence-corrected chi connectivity index (χ3v) is 7.83. The molecule has 2 aliphatic carbocycles. The molecule has 0 fully saturated rings. The van der Waals surface area contributed by atoms with Crippen molar-refractivity contribution < 1.29 is 28.9 Å². The van der Waals surface area contributed by atoms with Gasteiger partial charge in [0.15, 0.2) is 23.1 Å². The molecule has 0 saturated carbocycles. The van der Waals surface area contributed by atoms with Gasteiger partial charge in [-0.2, -0.15) is 0 Å². The zero-order valence-corrected chi connectivity index (χ0v) is 22.7. The highest BCUT2D eigenvalue weighted by Gasteiger charge is 2.43. The molecule has 0 N–H and O–H groups in total. The molecule has 1 heterocycles. The van der Waals surface area contributed by atoms with Crippen LogP contribution in [0.15, 0.2) is 52.9 Å². The largest absolute Gasteiger partial charge is 0.493 e. The molecule has 0 amide bonds.